The molecule has 0 saturated heterocycles. The van der Waals surface area contributed by atoms with Gasteiger partial charge in [0.05, 0.1) is 34.4 Å². The van der Waals surface area contributed by atoms with Crippen LogP contribution in [0.25, 0.3) is 0 Å². The van der Waals surface area contributed by atoms with E-state index in [1.807, 2.05) is 21.1 Å². The predicted octanol–water partition coefficient (Wildman–Crippen LogP) is 21.6. The Kier molecular flexibility index (Phi) is 61.5. The molecule has 0 aliphatic heterocycles. The third-order valence-electron chi connectivity index (χ3n) is 16.3. The lowest BCUT2D eigenvalue weighted by Gasteiger charge is -2.25. The predicted molar refractivity (Wildman–Crippen MR) is 341 cm³/mol. The molecule has 80 heavy (non-hydrogen) atoms. The summed E-state index contributed by atoms with van der Waals surface area (Å²) in [6, 6.07) is 0. The monoisotopic (exact) mass is 1130 g/mol. The third kappa shape index (κ3) is 63.6. The number of nitrogens with zero attached hydrogens (tertiary/aromatic N) is 1. The first-order chi connectivity index (χ1) is 39.1. The van der Waals surface area contributed by atoms with Crippen molar-refractivity contribution in [1.29, 1.82) is 0 Å². The summed E-state index contributed by atoms with van der Waals surface area (Å²) in [5, 5.41) is 9.74. The molecule has 0 heterocycles. The number of carboxylic acids is 1. The molecule has 0 amide bonds. The van der Waals surface area contributed by atoms with Crippen LogP contribution < -0.4 is 0 Å². The van der Waals surface area contributed by atoms with Crippen molar-refractivity contribution < 1.29 is 42.9 Å². The minimum absolute atomic E-state index is 0.173. The van der Waals surface area contributed by atoms with E-state index in [1.54, 1.807) is 0 Å². The minimum Gasteiger partial charge on any atom is -0.477 e. The molecular weight excluding hydrogens is 995 g/mol. The standard InChI is InChI=1S/C71H137NO8/c1-6-8-10-12-14-16-18-20-22-24-26-28-30-31-32-33-34-35-36-37-38-39-40-42-44-46-48-50-52-54-56-58-60-62-69(74)80-67(66-79-71(70(75)76)77-64-63-72(3,4)5)65-78-68(73)61-59-57-55-53-51-49-47-45-43-41-29-27-25-23-21-19-17-15-13-11-9-7-2/h24,26,67,71H,6-23,25,27-66H2,1-5H3/p+1/b26-24-. The molecule has 0 radical (unpaired) electrons. The van der Waals surface area contributed by atoms with Gasteiger partial charge in [0.2, 0.25) is 0 Å². The Morgan fingerprint density at radius 3 is 0.925 bits per heavy atom. The number of rotatable bonds is 67. The smallest absolute Gasteiger partial charge is 0.361 e. The van der Waals surface area contributed by atoms with Crippen LogP contribution in [0.5, 0.6) is 0 Å². The molecule has 2 atom stereocenters. The number of carbonyl (C=O) groups is 3. The molecule has 1 N–H and O–H groups in total. The second kappa shape index (κ2) is 63.1. The number of aliphatic carboxylic acids is 1. The molecule has 0 aromatic heterocycles. The van der Waals surface area contributed by atoms with Gasteiger partial charge in [0, 0.05) is 12.8 Å². The van der Waals surface area contributed by atoms with E-state index in [0.29, 0.717) is 17.4 Å². The number of quaternary nitrogens is 1. The van der Waals surface area contributed by atoms with Crippen LogP contribution in [0.4, 0.5) is 0 Å². The topological polar surface area (TPSA) is 108 Å². The summed E-state index contributed by atoms with van der Waals surface area (Å²) in [6.45, 7) is 4.96. The Balaban J connectivity index is 4.02. The van der Waals surface area contributed by atoms with Crippen molar-refractivity contribution in [1.82, 2.24) is 0 Å². The summed E-state index contributed by atoms with van der Waals surface area (Å²) in [6.07, 6.45) is 73.3. The number of unbranched alkanes of at least 4 members (excludes halogenated alkanes) is 50. The van der Waals surface area contributed by atoms with E-state index in [4.69, 9.17) is 18.9 Å². The van der Waals surface area contributed by atoms with Gasteiger partial charge in [-0.05, 0) is 38.5 Å². The quantitative estimate of drug-likeness (QED) is 0.0211. The molecular formula is C71H138NO8+. The van der Waals surface area contributed by atoms with Gasteiger partial charge in [0.1, 0.15) is 13.2 Å². The number of carbonyl (C=O) groups excluding carboxylic acids is 2. The number of likely N-dealkylation sites (N-methyl/N-ethyl adjacent to an activating group) is 1. The zero-order valence-electron chi connectivity index (χ0n) is 54.3. The number of hydrogen-bond donors (Lipinski definition) is 1. The van der Waals surface area contributed by atoms with E-state index in [-0.39, 0.29) is 38.2 Å². The highest BCUT2D eigenvalue weighted by Crippen LogP contribution is 2.19. The van der Waals surface area contributed by atoms with Crippen LogP contribution in [0.2, 0.25) is 0 Å². The Hall–Kier alpha value is -1.97. The molecule has 0 fully saturated rings. The molecule has 9 nitrogen and oxygen atoms in total. The van der Waals surface area contributed by atoms with Crippen molar-refractivity contribution in [2.75, 3.05) is 47.5 Å². The maximum absolute atomic E-state index is 12.9. The fraction of sp³-hybridized carbons (Fsp3) is 0.930. The van der Waals surface area contributed by atoms with Gasteiger partial charge in [-0.15, -0.1) is 0 Å². The van der Waals surface area contributed by atoms with E-state index in [9.17, 15) is 19.5 Å². The summed E-state index contributed by atoms with van der Waals surface area (Å²) < 4.78 is 23.0. The minimum atomic E-state index is -1.51. The summed E-state index contributed by atoms with van der Waals surface area (Å²) in [5.41, 5.74) is 0. The van der Waals surface area contributed by atoms with Crippen LogP contribution >= 0.6 is 0 Å². The number of allylic oxidation sites excluding steroid dienone is 2. The van der Waals surface area contributed by atoms with Gasteiger partial charge in [-0.3, -0.25) is 9.59 Å². The highest BCUT2D eigenvalue weighted by molar-refractivity contribution is 5.71. The first kappa shape index (κ1) is 78.0. The number of ether oxygens (including phenoxy) is 4. The van der Waals surface area contributed by atoms with Crippen LogP contribution in [-0.2, 0) is 33.3 Å². The molecule has 0 rings (SSSR count). The van der Waals surface area contributed by atoms with Crippen LogP contribution in [0, 0.1) is 0 Å². The van der Waals surface area contributed by atoms with Gasteiger partial charge < -0.3 is 28.5 Å². The maximum Gasteiger partial charge on any atom is 0.361 e. The normalized spacial score (nSPS) is 12.7. The molecule has 0 aromatic rings. The van der Waals surface area contributed by atoms with Gasteiger partial charge in [0.25, 0.3) is 6.29 Å². The fourth-order valence-electron chi connectivity index (χ4n) is 10.8. The van der Waals surface area contributed by atoms with Crippen molar-refractivity contribution in [2.45, 2.75) is 379 Å². The number of carboxylic acid groups (broad SMARTS) is 1. The molecule has 474 valence electrons. The molecule has 9 heteroatoms. The molecule has 2 unspecified atom stereocenters. The van der Waals surface area contributed by atoms with Crippen LogP contribution in [0.3, 0.4) is 0 Å². The average molecular weight is 1130 g/mol. The van der Waals surface area contributed by atoms with E-state index in [2.05, 4.69) is 26.0 Å². The molecule has 0 aliphatic carbocycles. The van der Waals surface area contributed by atoms with Crippen molar-refractivity contribution in [2.24, 2.45) is 0 Å². The van der Waals surface area contributed by atoms with Gasteiger partial charge in [0.15, 0.2) is 6.10 Å². The lowest BCUT2D eigenvalue weighted by Crippen LogP contribution is -2.40. The van der Waals surface area contributed by atoms with E-state index in [0.717, 1.165) is 38.5 Å². The Labute approximate surface area is 497 Å². The zero-order valence-corrected chi connectivity index (χ0v) is 54.3. The van der Waals surface area contributed by atoms with Gasteiger partial charge in [-0.1, -0.05) is 328 Å². The van der Waals surface area contributed by atoms with E-state index >= 15 is 0 Å². The van der Waals surface area contributed by atoms with Crippen LogP contribution in [-0.4, -0.2) is 87.4 Å². The lowest BCUT2D eigenvalue weighted by molar-refractivity contribution is -0.870. The number of esters is 2. The highest BCUT2D eigenvalue weighted by atomic mass is 16.7. The fourth-order valence-corrected chi connectivity index (χ4v) is 10.8. The third-order valence-corrected chi connectivity index (χ3v) is 16.3. The van der Waals surface area contributed by atoms with Gasteiger partial charge in [-0.25, -0.2) is 4.79 Å². The second-order valence-electron chi connectivity index (χ2n) is 25.6. The Morgan fingerprint density at radius 2 is 0.637 bits per heavy atom. The molecule has 0 aromatic carbocycles. The molecule has 0 saturated carbocycles. The van der Waals surface area contributed by atoms with E-state index in [1.165, 1.54) is 302 Å². The summed E-state index contributed by atoms with van der Waals surface area (Å²) in [5.74, 6) is -1.97. The number of hydrogen-bond acceptors (Lipinski definition) is 7. The largest absolute Gasteiger partial charge is 0.477 e. The van der Waals surface area contributed by atoms with Crippen molar-refractivity contribution in [3.63, 3.8) is 0 Å². The highest BCUT2D eigenvalue weighted by Gasteiger charge is 2.25. The van der Waals surface area contributed by atoms with Gasteiger partial charge >= 0.3 is 17.9 Å². The SMILES string of the molecule is CCCCCCCCCC/C=C\CCCCCCCCCCCCCCCCCCCCCCCC(=O)OC(COC(=O)CCCCCCCCCCCCCCCCCCCCCCCC)COC(OCC[N+](C)(C)C)C(=O)O. The Bertz CT molecular complexity index is 1320. The second-order valence-corrected chi connectivity index (χ2v) is 25.6. The first-order valence-corrected chi connectivity index (χ1v) is 35.4. The average Bonchev–Trinajstić information content (AvgIpc) is 3.43. The van der Waals surface area contributed by atoms with Crippen molar-refractivity contribution in [3.05, 3.63) is 12.2 Å². The summed E-state index contributed by atoms with van der Waals surface area (Å²) in [7, 11) is 5.99. The van der Waals surface area contributed by atoms with Crippen molar-refractivity contribution in [3.8, 4) is 0 Å². The summed E-state index contributed by atoms with van der Waals surface area (Å²) >= 11 is 0. The molecule has 0 aliphatic rings. The zero-order chi connectivity index (χ0) is 58.3. The molecule has 0 spiro atoms. The first-order valence-electron chi connectivity index (χ1n) is 35.4. The maximum atomic E-state index is 12.9. The van der Waals surface area contributed by atoms with Crippen molar-refractivity contribution >= 4 is 17.9 Å². The Morgan fingerprint density at radius 1 is 0.362 bits per heavy atom. The van der Waals surface area contributed by atoms with Crippen LogP contribution in [0.15, 0.2) is 12.2 Å². The molecule has 0 bridgehead atoms. The van der Waals surface area contributed by atoms with E-state index < -0.39 is 18.4 Å². The van der Waals surface area contributed by atoms with Gasteiger partial charge in [-0.2, -0.15) is 0 Å². The lowest BCUT2D eigenvalue weighted by atomic mass is 10.0. The summed E-state index contributed by atoms with van der Waals surface area (Å²) in [4.78, 5) is 37.6. The van der Waals surface area contributed by atoms with Crippen LogP contribution in [0.1, 0.15) is 367 Å².